The number of benzene rings is 1. The van der Waals surface area contributed by atoms with E-state index in [2.05, 4.69) is 0 Å². The van der Waals surface area contributed by atoms with Gasteiger partial charge in [0.2, 0.25) is 0 Å². The Morgan fingerprint density at radius 1 is 1.26 bits per heavy atom. The average molecular weight is 407 g/mol. The smallest absolute Gasteiger partial charge is 0.418 e. The van der Waals surface area contributed by atoms with Gasteiger partial charge in [-0.15, -0.1) is 0 Å². The second-order valence-electron chi connectivity index (χ2n) is 5.73. The lowest BCUT2D eigenvalue weighted by molar-refractivity contribution is -0.137. The fourth-order valence-electron chi connectivity index (χ4n) is 2.71. The Morgan fingerprint density at radius 2 is 1.96 bits per heavy atom. The van der Waals surface area contributed by atoms with Crippen LogP contribution in [0.2, 0.25) is 0 Å². The number of hydrogen-bond acceptors (Lipinski definition) is 5. The zero-order valence-electron chi connectivity index (χ0n) is 13.4. The predicted molar refractivity (Wildman–Crippen MR) is 88.3 cm³/mol. The van der Waals surface area contributed by atoms with Gasteiger partial charge in [0, 0.05) is 6.20 Å². The molecule has 9 nitrogen and oxygen atoms in total. The Bertz CT molecular complexity index is 1080. The standard InChI is InChI=1S/C14H13F3N3O6P/c15-14(16,17)8-5-9-11(6-10(8)19-1-3-26-4-2-19)20(7-27(23,24)25)13(22)12(21)18-9/h1,3,5-6H,2,4,7H2,(H,18,21)(H2,23,24,25). The summed E-state index contributed by atoms with van der Waals surface area (Å²) >= 11 is 0. The van der Waals surface area contributed by atoms with Crippen molar-refractivity contribution in [3.05, 3.63) is 50.9 Å². The van der Waals surface area contributed by atoms with E-state index in [1.807, 2.05) is 4.98 Å². The van der Waals surface area contributed by atoms with E-state index >= 15 is 0 Å². The molecule has 2 aromatic rings. The molecule has 3 N–H and O–H groups in total. The lowest BCUT2D eigenvalue weighted by Gasteiger charge is -2.27. The molecule has 13 heteroatoms. The van der Waals surface area contributed by atoms with E-state index in [0.717, 1.165) is 6.07 Å². The third-order valence-corrected chi connectivity index (χ3v) is 4.47. The van der Waals surface area contributed by atoms with Gasteiger partial charge in [0.15, 0.2) is 0 Å². The van der Waals surface area contributed by atoms with Gasteiger partial charge in [-0.3, -0.25) is 18.7 Å². The summed E-state index contributed by atoms with van der Waals surface area (Å²) in [5, 5.41) is 0. The van der Waals surface area contributed by atoms with Gasteiger partial charge in [-0.25, -0.2) is 0 Å². The first kappa shape index (κ1) is 19.2. The van der Waals surface area contributed by atoms with Gasteiger partial charge < -0.3 is 24.4 Å². The van der Waals surface area contributed by atoms with Crippen LogP contribution in [-0.4, -0.2) is 32.5 Å². The largest absolute Gasteiger partial charge is 0.498 e. The van der Waals surface area contributed by atoms with Gasteiger partial charge in [-0.05, 0) is 12.1 Å². The molecule has 1 aliphatic heterocycles. The van der Waals surface area contributed by atoms with Gasteiger partial charge in [-0.1, -0.05) is 0 Å². The summed E-state index contributed by atoms with van der Waals surface area (Å²) in [5.41, 5.74) is -4.62. The minimum atomic E-state index is -4.79. The number of anilines is 1. The minimum absolute atomic E-state index is 0.0805. The van der Waals surface area contributed by atoms with Gasteiger partial charge in [0.1, 0.15) is 12.9 Å². The zero-order valence-corrected chi connectivity index (χ0v) is 14.3. The first-order valence-electron chi connectivity index (χ1n) is 7.45. The molecule has 0 atom stereocenters. The molecule has 0 aliphatic carbocycles. The van der Waals surface area contributed by atoms with Crippen molar-refractivity contribution in [1.29, 1.82) is 0 Å². The van der Waals surface area contributed by atoms with Crippen molar-refractivity contribution in [1.82, 2.24) is 9.55 Å². The molecule has 0 amide bonds. The number of fused-ring (bicyclic) bond motifs is 1. The van der Waals surface area contributed by atoms with Gasteiger partial charge >= 0.3 is 24.9 Å². The van der Waals surface area contributed by atoms with Crippen molar-refractivity contribution >= 4 is 24.3 Å². The Labute approximate surface area is 148 Å². The van der Waals surface area contributed by atoms with E-state index in [1.165, 1.54) is 17.4 Å². The number of nitrogens with one attached hydrogen (secondary N) is 1. The zero-order chi connectivity index (χ0) is 20.0. The van der Waals surface area contributed by atoms with Gasteiger partial charge in [0.05, 0.1) is 35.1 Å². The number of aromatic amines is 1. The lowest BCUT2D eigenvalue weighted by Crippen LogP contribution is -2.36. The van der Waals surface area contributed by atoms with Crippen LogP contribution in [-0.2, 0) is 21.8 Å². The molecule has 3 rings (SSSR count). The normalized spacial score (nSPS) is 15.2. The molecule has 1 aromatic carbocycles. The number of halogens is 3. The van der Waals surface area contributed by atoms with E-state index < -0.39 is 36.7 Å². The second kappa shape index (κ2) is 6.55. The van der Waals surface area contributed by atoms with Crippen molar-refractivity contribution < 1.29 is 32.3 Å². The summed E-state index contributed by atoms with van der Waals surface area (Å²) in [6.45, 7) is 0.198. The van der Waals surface area contributed by atoms with Crippen molar-refractivity contribution in [3.8, 4) is 0 Å². The maximum absolute atomic E-state index is 13.5. The van der Waals surface area contributed by atoms with E-state index in [0.29, 0.717) is 10.6 Å². The van der Waals surface area contributed by atoms with Crippen molar-refractivity contribution in [3.63, 3.8) is 0 Å². The molecule has 2 heterocycles. The lowest BCUT2D eigenvalue weighted by atomic mass is 10.1. The number of hydrogen-bond donors (Lipinski definition) is 3. The molecule has 0 fully saturated rings. The summed E-state index contributed by atoms with van der Waals surface area (Å²) in [6.07, 6.45) is -3.47. The highest BCUT2D eigenvalue weighted by Crippen LogP contribution is 2.40. The van der Waals surface area contributed by atoms with Crippen LogP contribution in [0.1, 0.15) is 5.56 Å². The van der Waals surface area contributed by atoms with Crippen molar-refractivity contribution in [2.45, 2.75) is 12.5 Å². The molecule has 0 unspecified atom stereocenters. The van der Waals surface area contributed by atoms with Gasteiger partial charge in [0.25, 0.3) is 0 Å². The molecule has 27 heavy (non-hydrogen) atoms. The van der Waals surface area contributed by atoms with Crippen LogP contribution < -0.4 is 16.0 Å². The number of rotatable bonds is 3. The van der Waals surface area contributed by atoms with E-state index in [1.54, 1.807) is 0 Å². The van der Waals surface area contributed by atoms with Crippen molar-refractivity contribution in [2.75, 3.05) is 18.1 Å². The first-order valence-corrected chi connectivity index (χ1v) is 9.25. The molecule has 146 valence electrons. The Morgan fingerprint density at radius 3 is 2.52 bits per heavy atom. The van der Waals surface area contributed by atoms with Gasteiger partial charge in [-0.2, -0.15) is 13.2 Å². The highest BCUT2D eigenvalue weighted by Gasteiger charge is 2.36. The maximum atomic E-state index is 13.5. The molecule has 0 saturated carbocycles. The highest BCUT2D eigenvalue weighted by molar-refractivity contribution is 7.50. The van der Waals surface area contributed by atoms with E-state index in [9.17, 15) is 27.3 Å². The number of H-pyrrole nitrogens is 1. The molecule has 0 saturated heterocycles. The van der Waals surface area contributed by atoms with Crippen LogP contribution in [0.5, 0.6) is 0 Å². The Kier molecular flexibility index (Phi) is 4.66. The molecular weight excluding hydrogens is 394 g/mol. The molecular formula is C14H13F3N3O6P. The number of nitrogens with zero attached hydrogens (tertiary/aromatic N) is 2. The fraction of sp³-hybridized carbons (Fsp3) is 0.286. The third-order valence-electron chi connectivity index (χ3n) is 3.82. The van der Waals surface area contributed by atoms with Crippen LogP contribution in [0.3, 0.4) is 0 Å². The SMILES string of the molecule is O=c1[nH]c2cc(C(F)(F)F)c(N3C=COCC3)cc2n(CP(=O)(O)O)c1=O. The molecule has 0 bridgehead atoms. The summed E-state index contributed by atoms with van der Waals surface area (Å²) in [7, 11) is -4.79. The highest BCUT2D eigenvalue weighted by atomic mass is 31.2. The summed E-state index contributed by atoms with van der Waals surface area (Å²) in [4.78, 5) is 45.3. The van der Waals surface area contributed by atoms with Crippen molar-refractivity contribution in [2.24, 2.45) is 0 Å². The summed E-state index contributed by atoms with van der Waals surface area (Å²) in [5.74, 6) is 0. The topological polar surface area (TPSA) is 125 Å². The average Bonchev–Trinajstić information content (AvgIpc) is 2.57. The van der Waals surface area contributed by atoms with Crippen LogP contribution in [0.15, 0.2) is 34.2 Å². The number of aromatic nitrogens is 2. The summed E-state index contributed by atoms with van der Waals surface area (Å²) in [6, 6.07) is 1.59. The Hall–Kier alpha value is -2.56. The van der Waals surface area contributed by atoms with E-state index in [4.69, 9.17) is 14.5 Å². The monoisotopic (exact) mass is 407 g/mol. The quantitative estimate of drug-likeness (QED) is 0.515. The molecule has 0 radical (unpaired) electrons. The van der Waals surface area contributed by atoms with Crippen LogP contribution in [0, 0.1) is 0 Å². The third kappa shape index (κ3) is 3.92. The van der Waals surface area contributed by atoms with E-state index in [-0.39, 0.29) is 29.9 Å². The summed E-state index contributed by atoms with van der Waals surface area (Å²) < 4.78 is 57.3. The van der Waals surface area contributed by atoms with Crippen LogP contribution >= 0.6 is 7.60 Å². The molecule has 1 aromatic heterocycles. The fourth-order valence-corrected chi connectivity index (χ4v) is 3.36. The number of alkyl halides is 3. The molecule has 0 spiro atoms. The van der Waals surface area contributed by atoms with Crippen LogP contribution in [0.4, 0.5) is 18.9 Å². The maximum Gasteiger partial charge on any atom is 0.418 e. The first-order chi connectivity index (χ1) is 12.5. The molecule has 1 aliphatic rings. The predicted octanol–water partition coefficient (Wildman–Crippen LogP) is 1.15. The Balaban J connectivity index is 2.37. The second-order valence-corrected chi connectivity index (χ2v) is 7.34. The van der Waals surface area contributed by atoms with Crippen LogP contribution in [0.25, 0.3) is 11.0 Å². The minimum Gasteiger partial charge on any atom is -0.498 e. The number of ether oxygens (including phenoxy) is 1.